The molecule has 1 aliphatic rings. The van der Waals surface area contributed by atoms with E-state index in [0.717, 1.165) is 25.1 Å². The van der Waals surface area contributed by atoms with E-state index >= 15 is 0 Å². The molecule has 1 aromatic heterocycles. The number of nitrogens with zero attached hydrogens (tertiary/aromatic N) is 2. The zero-order valence-electron chi connectivity index (χ0n) is 9.26. The topological polar surface area (TPSA) is 97.2 Å². The lowest BCUT2D eigenvalue weighted by molar-refractivity contribution is 0.0487. The van der Waals surface area contributed by atoms with Crippen molar-refractivity contribution in [3.05, 3.63) is 12.1 Å². The minimum atomic E-state index is -0.123. The summed E-state index contributed by atoms with van der Waals surface area (Å²) in [5.41, 5.74) is 8.43. The van der Waals surface area contributed by atoms with Gasteiger partial charge in [-0.25, -0.2) is 4.63 Å². The molecule has 1 fully saturated rings. The Balaban J connectivity index is 1.76. The predicted molar refractivity (Wildman–Crippen MR) is 63.4 cm³/mol. The van der Waals surface area contributed by atoms with Gasteiger partial charge in [-0.15, -0.1) is 0 Å². The van der Waals surface area contributed by atoms with Crippen molar-refractivity contribution in [3.63, 3.8) is 0 Å². The SMILES string of the molecule is Nc1ccc(NCC2CC(O)C2)c2nonc12. The fourth-order valence-electron chi connectivity index (χ4n) is 2.15. The number of aliphatic hydroxyl groups excluding tert-OH is 1. The molecule has 90 valence electrons. The Morgan fingerprint density at radius 3 is 2.88 bits per heavy atom. The maximum Gasteiger partial charge on any atom is 0.160 e. The normalized spacial score (nSPS) is 23.6. The molecular formula is C11H14N4O2. The first-order valence-corrected chi connectivity index (χ1v) is 5.66. The molecule has 0 bridgehead atoms. The van der Waals surface area contributed by atoms with Crippen LogP contribution in [0.15, 0.2) is 16.8 Å². The van der Waals surface area contributed by atoms with Crippen molar-refractivity contribution in [1.29, 1.82) is 0 Å². The molecule has 0 spiro atoms. The third kappa shape index (κ3) is 1.80. The van der Waals surface area contributed by atoms with Crippen LogP contribution in [0.1, 0.15) is 12.8 Å². The quantitative estimate of drug-likeness (QED) is 0.685. The number of nitrogens with one attached hydrogen (secondary N) is 1. The largest absolute Gasteiger partial charge is 0.397 e. The van der Waals surface area contributed by atoms with Crippen LogP contribution in [0.5, 0.6) is 0 Å². The zero-order chi connectivity index (χ0) is 11.8. The second kappa shape index (κ2) is 3.89. The van der Waals surface area contributed by atoms with Gasteiger partial charge in [0.25, 0.3) is 0 Å². The molecule has 1 aromatic carbocycles. The number of fused-ring (bicyclic) bond motifs is 1. The van der Waals surface area contributed by atoms with Gasteiger partial charge in [-0.2, -0.15) is 0 Å². The number of aliphatic hydroxyl groups is 1. The molecule has 0 radical (unpaired) electrons. The van der Waals surface area contributed by atoms with Crippen molar-refractivity contribution in [2.45, 2.75) is 18.9 Å². The lowest BCUT2D eigenvalue weighted by Gasteiger charge is -2.31. The molecule has 1 heterocycles. The standard InChI is InChI=1S/C11H14N4O2/c12-8-1-2-9(11-10(8)14-17-15-11)13-5-6-3-7(16)4-6/h1-2,6-7,13,16H,3-5,12H2. The molecule has 6 heteroatoms. The van der Waals surface area contributed by atoms with Gasteiger partial charge in [0, 0.05) is 6.54 Å². The summed E-state index contributed by atoms with van der Waals surface area (Å²) < 4.78 is 4.69. The lowest BCUT2D eigenvalue weighted by atomic mass is 9.82. The molecule has 0 aliphatic heterocycles. The zero-order valence-corrected chi connectivity index (χ0v) is 9.26. The highest BCUT2D eigenvalue weighted by Gasteiger charge is 2.26. The molecule has 4 N–H and O–H groups in total. The van der Waals surface area contributed by atoms with Crippen LogP contribution in [0, 0.1) is 5.92 Å². The van der Waals surface area contributed by atoms with Crippen LogP contribution >= 0.6 is 0 Å². The molecule has 17 heavy (non-hydrogen) atoms. The Hall–Kier alpha value is -1.82. The average molecular weight is 234 g/mol. The molecule has 3 rings (SSSR count). The van der Waals surface area contributed by atoms with E-state index in [0.29, 0.717) is 22.6 Å². The van der Waals surface area contributed by atoms with Gasteiger partial charge in [0.05, 0.1) is 17.5 Å². The molecule has 1 aliphatic carbocycles. The highest BCUT2D eigenvalue weighted by Crippen LogP contribution is 2.29. The summed E-state index contributed by atoms with van der Waals surface area (Å²) in [4.78, 5) is 0. The summed E-state index contributed by atoms with van der Waals surface area (Å²) in [5, 5.41) is 20.1. The summed E-state index contributed by atoms with van der Waals surface area (Å²) >= 11 is 0. The summed E-state index contributed by atoms with van der Waals surface area (Å²) in [6.07, 6.45) is 1.60. The van der Waals surface area contributed by atoms with E-state index in [9.17, 15) is 5.11 Å². The Labute approximate surface area is 97.8 Å². The number of anilines is 2. The van der Waals surface area contributed by atoms with Crippen LogP contribution in [-0.4, -0.2) is 28.1 Å². The maximum atomic E-state index is 9.21. The average Bonchev–Trinajstić information content (AvgIpc) is 2.75. The van der Waals surface area contributed by atoms with Crippen molar-refractivity contribution in [2.24, 2.45) is 5.92 Å². The molecule has 1 saturated carbocycles. The number of nitrogen functional groups attached to an aromatic ring is 1. The first-order chi connectivity index (χ1) is 8.24. The fourth-order valence-corrected chi connectivity index (χ4v) is 2.15. The molecule has 2 aromatic rings. The first kappa shape index (κ1) is 10.3. The summed E-state index contributed by atoms with van der Waals surface area (Å²) in [6.45, 7) is 0.822. The van der Waals surface area contributed by atoms with Gasteiger partial charge in [-0.1, -0.05) is 0 Å². The van der Waals surface area contributed by atoms with Crippen LogP contribution in [0.4, 0.5) is 11.4 Å². The Morgan fingerprint density at radius 2 is 2.12 bits per heavy atom. The van der Waals surface area contributed by atoms with Crippen molar-refractivity contribution in [1.82, 2.24) is 10.3 Å². The summed E-state index contributed by atoms with van der Waals surface area (Å²) in [6, 6.07) is 3.65. The Bertz CT molecular complexity index is 533. The van der Waals surface area contributed by atoms with E-state index in [-0.39, 0.29) is 6.10 Å². The van der Waals surface area contributed by atoms with E-state index in [2.05, 4.69) is 15.6 Å². The first-order valence-electron chi connectivity index (χ1n) is 5.66. The summed E-state index contributed by atoms with van der Waals surface area (Å²) in [7, 11) is 0. The maximum absolute atomic E-state index is 9.21. The van der Waals surface area contributed by atoms with Gasteiger partial charge in [-0.3, -0.25) is 0 Å². The molecule has 0 amide bonds. The van der Waals surface area contributed by atoms with Gasteiger partial charge < -0.3 is 16.2 Å². The minimum Gasteiger partial charge on any atom is -0.397 e. The predicted octanol–water partition coefficient (Wildman–Crippen LogP) is 0.988. The van der Waals surface area contributed by atoms with E-state index in [1.807, 2.05) is 6.07 Å². The van der Waals surface area contributed by atoms with Crippen LogP contribution in [0.3, 0.4) is 0 Å². The van der Waals surface area contributed by atoms with Crippen molar-refractivity contribution in [3.8, 4) is 0 Å². The summed E-state index contributed by atoms with van der Waals surface area (Å²) in [5.74, 6) is 0.525. The van der Waals surface area contributed by atoms with Crippen molar-refractivity contribution >= 4 is 22.4 Å². The number of benzene rings is 1. The number of aromatic nitrogens is 2. The Morgan fingerprint density at radius 1 is 1.35 bits per heavy atom. The van der Waals surface area contributed by atoms with Crippen LogP contribution < -0.4 is 11.1 Å². The second-order valence-electron chi connectivity index (χ2n) is 4.54. The Kier molecular flexibility index (Phi) is 2.36. The van der Waals surface area contributed by atoms with Gasteiger partial charge in [0.15, 0.2) is 11.0 Å². The number of hydrogen-bond acceptors (Lipinski definition) is 6. The monoisotopic (exact) mass is 234 g/mol. The van der Waals surface area contributed by atoms with Crippen LogP contribution in [0.2, 0.25) is 0 Å². The molecule has 0 saturated heterocycles. The minimum absolute atomic E-state index is 0.123. The lowest BCUT2D eigenvalue weighted by Crippen LogP contribution is -2.33. The molecular weight excluding hydrogens is 220 g/mol. The smallest absolute Gasteiger partial charge is 0.160 e. The van der Waals surface area contributed by atoms with E-state index in [4.69, 9.17) is 10.4 Å². The van der Waals surface area contributed by atoms with E-state index in [1.54, 1.807) is 6.07 Å². The second-order valence-corrected chi connectivity index (χ2v) is 4.54. The van der Waals surface area contributed by atoms with Gasteiger partial charge in [-0.05, 0) is 41.2 Å². The van der Waals surface area contributed by atoms with Crippen LogP contribution in [0.25, 0.3) is 11.0 Å². The fraction of sp³-hybridized carbons (Fsp3) is 0.455. The molecule has 0 atom stereocenters. The molecule has 0 unspecified atom stereocenters. The van der Waals surface area contributed by atoms with E-state index in [1.165, 1.54) is 0 Å². The molecule has 6 nitrogen and oxygen atoms in total. The number of rotatable bonds is 3. The van der Waals surface area contributed by atoms with Gasteiger partial charge in [0.2, 0.25) is 0 Å². The van der Waals surface area contributed by atoms with Crippen molar-refractivity contribution in [2.75, 3.05) is 17.6 Å². The van der Waals surface area contributed by atoms with Gasteiger partial charge in [0.1, 0.15) is 0 Å². The number of hydrogen-bond donors (Lipinski definition) is 3. The van der Waals surface area contributed by atoms with Crippen LogP contribution in [-0.2, 0) is 0 Å². The van der Waals surface area contributed by atoms with Crippen molar-refractivity contribution < 1.29 is 9.74 Å². The van der Waals surface area contributed by atoms with E-state index < -0.39 is 0 Å². The highest BCUT2D eigenvalue weighted by atomic mass is 16.6. The third-order valence-electron chi connectivity index (χ3n) is 3.24. The van der Waals surface area contributed by atoms with Gasteiger partial charge >= 0.3 is 0 Å². The third-order valence-corrected chi connectivity index (χ3v) is 3.24. The number of nitrogens with two attached hydrogens (primary N) is 1. The highest BCUT2D eigenvalue weighted by molar-refractivity contribution is 5.94.